The molecule has 1 fully saturated rings. The van der Waals surface area contributed by atoms with Crippen molar-refractivity contribution in [2.45, 2.75) is 45.6 Å². The zero-order chi connectivity index (χ0) is 15.9. The zero-order valence-corrected chi connectivity index (χ0v) is 13.9. The maximum absolute atomic E-state index is 10.4. The number of hydrogen-bond acceptors (Lipinski definition) is 4. The Balaban J connectivity index is 1.84. The van der Waals surface area contributed by atoms with Gasteiger partial charge in [-0.05, 0) is 62.4 Å². The fourth-order valence-corrected chi connectivity index (χ4v) is 2.87. The average Bonchev–Trinajstić information content (AvgIpc) is 2.53. The van der Waals surface area contributed by atoms with E-state index in [0.717, 1.165) is 44.0 Å². The fourth-order valence-electron chi connectivity index (χ4n) is 2.87. The molecular weight excluding hydrogens is 276 g/mol. The molecule has 1 heterocycles. The molecule has 0 bridgehead atoms. The maximum Gasteiger partial charge on any atom is 0.142 e. The Morgan fingerprint density at radius 3 is 2.73 bits per heavy atom. The Kier molecular flexibility index (Phi) is 6.52. The highest BCUT2D eigenvalue weighted by Crippen LogP contribution is 2.27. The van der Waals surface area contributed by atoms with Crippen molar-refractivity contribution >= 4 is 5.69 Å². The fraction of sp³-hybridized carbons (Fsp3) is 0.667. The number of nitrogen functional groups attached to an aromatic ring is 1. The highest BCUT2D eigenvalue weighted by molar-refractivity contribution is 5.54. The second-order valence-corrected chi connectivity index (χ2v) is 6.47. The highest BCUT2D eigenvalue weighted by Gasteiger charge is 2.17. The standard InChI is InChI=1S/C18H30N2O2/c1-3-12-22-18-5-4-15(13-16(18)19)17(21)8-11-20-9-6-14(2)7-10-20/h4-5,13-14,17,21H,3,6-12,19H2,1-2H3. The van der Waals surface area contributed by atoms with E-state index in [-0.39, 0.29) is 0 Å². The number of aliphatic hydroxyl groups is 1. The summed E-state index contributed by atoms with van der Waals surface area (Å²) in [5.41, 5.74) is 7.50. The van der Waals surface area contributed by atoms with Crippen LogP contribution < -0.4 is 10.5 Å². The van der Waals surface area contributed by atoms with Crippen LogP contribution in [-0.2, 0) is 0 Å². The van der Waals surface area contributed by atoms with Gasteiger partial charge in [0.2, 0.25) is 0 Å². The van der Waals surface area contributed by atoms with E-state index in [1.807, 2.05) is 18.2 Å². The van der Waals surface area contributed by atoms with E-state index in [4.69, 9.17) is 10.5 Å². The van der Waals surface area contributed by atoms with E-state index < -0.39 is 6.10 Å². The quantitative estimate of drug-likeness (QED) is 0.759. The monoisotopic (exact) mass is 306 g/mol. The van der Waals surface area contributed by atoms with Crippen molar-refractivity contribution < 1.29 is 9.84 Å². The lowest BCUT2D eigenvalue weighted by Gasteiger charge is -2.30. The highest BCUT2D eigenvalue weighted by atomic mass is 16.5. The first kappa shape index (κ1) is 17.1. The van der Waals surface area contributed by atoms with Gasteiger partial charge in [-0.3, -0.25) is 0 Å². The SMILES string of the molecule is CCCOc1ccc(C(O)CCN2CCC(C)CC2)cc1N. The number of aliphatic hydroxyl groups excluding tert-OH is 1. The summed E-state index contributed by atoms with van der Waals surface area (Å²) in [6, 6.07) is 5.63. The predicted octanol–water partition coefficient (Wildman–Crippen LogP) is 3.21. The molecule has 22 heavy (non-hydrogen) atoms. The lowest BCUT2D eigenvalue weighted by Crippen LogP contribution is -2.34. The van der Waals surface area contributed by atoms with E-state index in [1.54, 1.807) is 0 Å². The van der Waals surface area contributed by atoms with Crippen molar-refractivity contribution in [2.75, 3.05) is 32.0 Å². The van der Waals surface area contributed by atoms with E-state index >= 15 is 0 Å². The molecule has 0 aliphatic carbocycles. The van der Waals surface area contributed by atoms with Gasteiger partial charge in [-0.25, -0.2) is 0 Å². The summed E-state index contributed by atoms with van der Waals surface area (Å²) in [4.78, 5) is 2.45. The van der Waals surface area contributed by atoms with Gasteiger partial charge in [-0.15, -0.1) is 0 Å². The molecule has 124 valence electrons. The Bertz CT molecular complexity index is 456. The Labute approximate surface area is 134 Å². The van der Waals surface area contributed by atoms with Gasteiger partial charge < -0.3 is 20.5 Å². The molecular formula is C18H30N2O2. The molecule has 1 aromatic carbocycles. The minimum atomic E-state index is -0.457. The molecule has 0 spiro atoms. The van der Waals surface area contributed by atoms with E-state index in [1.165, 1.54) is 12.8 Å². The Hall–Kier alpha value is -1.26. The van der Waals surface area contributed by atoms with Crippen molar-refractivity contribution in [3.63, 3.8) is 0 Å². The van der Waals surface area contributed by atoms with Crippen molar-refractivity contribution in [3.8, 4) is 5.75 Å². The van der Waals surface area contributed by atoms with Gasteiger partial charge in [0, 0.05) is 6.54 Å². The summed E-state index contributed by atoms with van der Waals surface area (Å²) in [6.45, 7) is 8.30. The van der Waals surface area contributed by atoms with E-state index in [9.17, 15) is 5.11 Å². The third-order valence-electron chi connectivity index (χ3n) is 4.48. The van der Waals surface area contributed by atoms with Crippen LogP contribution in [0, 0.1) is 5.92 Å². The van der Waals surface area contributed by atoms with Crippen LogP contribution in [0.15, 0.2) is 18.2 Å². The van der Waals surface area contributed by atoms with Gasteiger partial charge in [-0.2, -0.15) is 0 Å². The first-order chi connectivity index (χ1) is 10.6. The van der Waals surface area contributed by atoms with Crippen LogP contribution in [0.5, 0.6) is 5.75 Å². The minimum Gasteiger partial charge on any atom is -0.491 e. The number of nitrogens with zero attached hydrogens (tertiary/aromatic N) is 1. The Morgan fingerprint density at radius 2 is 2.09 bits per heavy atom. The number of ether oxygens (including phenoxy) is 1. The normalized spacial score (nSPS) is 18.3. The van der Waals surface area contributed by atoms with E-state index in [0.29, 0.717) is 18.0 Å². The van der Waals surface area contributed by atoms with Crippen molar-refractivity contribution in [3.05, 3.63) is 23.8 Å². The molecule has 1 atom stereocenters. The van der Waals surface area contributed by atoms with Gasteiger partial charge >= 0.3 is 0 Å². The number of anilines is 1. The van der Waals surface area contributed by atoms with Gasteiger partial charge in [-0.1, -0.05) is 19.9 Å². The smallest absolute Gasteiger partial charge is 0.142 e. The first-order valence-corrected chi connectivity index (χ1v) is 8.52. The summed E-state index contributed by atoms with van der Waals surface area (Å²) in [7, 11) is 0. The number of rotatable bonds is 7. The topological polar surface area (TPSA) is 58.7 Å². The van der Waals surface area contributed by atoms with Gasteiger partial charge in [0.1, 0.15) is 5.75 Å². The summed E-state index contributed by atoms with van der Waals surface area (Å²) in [6.07, 6.45) is 3.79. The maximum atomic E-state index is 10.4. The number of hydrogen-bond donors (Lipinski definition) is 2. The molecule has 0 aromatic heterocycles. The lowest BCUT2D eigenvalue weighted by molar-refractivity contribution is 0.125. The van der Waals surface area contributed by atoms with Gasteiger partial charge in [0.25, 0.3) is 0 Å². The second-order valence-electron chi connectivity index (χ2n) is 6.47. The lowest BCUT2D eigenvalue weighted by atomic mass is 9.98. The van der Waals surface area contributed by atoms with Crippen molar-refractivity contribution in [2.24, 2.45) is 5.92 Å². The number of benzene rings is 1. The van der Waals surface area contributed by atoms with Gasteiger partial charge in [0.15, 0.2) is 0 Å². The third kappa shape index (κ3) is 4.89. The molecule has 0 amide bonds. The number of nitrogens with two attached hydrogens (primary N) is 1. The molecule has 0 saturated carbocycles. The third-order valence-corrected chi connectivity index (χ3v) is 4.48. The molecule has 3 N–H and O–H groups in total. The average molecular weight is 306 g/mol. The van der Waals surface area contributed by atoms with Crippen molar-refractivity contribution in [1.29, 1.82) is 0 Å². The molecule has 0 radical (unpaired) electrons. The second kappa shape index (κ2) is 8.39. The summed E-state index contributed by atoms with van der Waals surface area (Å²) in [5.74, 6) is 1.56. The summed E-state index contributed by atoms with van der Waals surface area (Å²) < 4.78 is 5.57. The van der Waals surface area contributed by atoms with Crippen LogP contribution in [0.4, 0.5) is 5.69 Å². The zero-order valence-electron chi connectivity index (χ0n) is 13.9. The predicted molar refractivity (Wildman–Crippen MR) is 91.1 cm³/mol. The van der Waals surface area contributed by atoms with Crippen LogP contribution in [0.2, 0.25) is 0 Å². The van der Waals surface area contributed by atoms with Crippen LogP contribution in [0.3, 0.4) is 0 Å². The molecule has 2 rings (SSSR count). The Morgan fingerprint density at radius 1 is 1.36 bits per heavy atom. The van der Waals surface area contributed by atoms with Gasteiger partial charge in [0.05, 0.1) is 18.4 Å². The molecule has 1 saturated heterocycles. The molecule has 1 unspecified atom stereocenters. The van der Waals surface area contributed by atoms with Crippen LogP contribution in [0.1, 0.15) is 51.2 Å². The molecule has 1 aliphatic rings. The van der Waals surface area contributed by atoms with E-state index in [2.05, 4.69) is 18.7 Å². The molecule has 1 aromatic rings. The number of likely N-dealkylation sites (tertiary alicyclic amines) is 1. The van der Waals surface area contributed by atoms with Crippen LogP contribution >= 0.6 is 0 Å². The summed E-state index contributed by atoms with van der Waals surface area (Å²) >= 11 is 0. The van der Waals surface area contributed by atoms with Crippen molar-refractivity contribution in [1.82, 2.24) is 4.90 Å². The minimum absolute atomic E-state index is 0.457. The molecule has 4 nitrogen and oxygen atoms in total. The van der Waals surface area contributed by atoms with Crippen LogP contribution in [0.25, 0.3) is 0 Å². The number of piperidine rings is 1. The van der Waals surface area contributed by atoms with Crippen LogP contribution in [-0.4, -0.2) is 36.2 Å². The first-order valence-electron chi connectivity index (χ1n) is 8.52. The summed E-state index contributed by atoms with van der Waals surface area (Å²) in [5, 5.41) is 10.4. The molecule has 4 heteroatoms. The molecule has 1 aliphatic heterocycles. The largest absolute Gasteiger partial charge is 0.491 e.